The van der Waals surface area contributed by atoms with Gasteiger partial charge in [-0.15, -0.1) is 11.3 Å². The minimum absolute atomic E-state index is 0.0332. The number of benzene rings is 1. The Morgan fingerprint density at radius 2 is 2.05 bits per heavy atom. The number of halogens is 2. The molecular weight excluding hydrogens is 442 g/mol. The minimum atomic E-state index is -3.75. The number of anilines is 1. The van der Waals surface area contributed by atoms with Crippen LogP contribution >= 0.6 is 43.2 Å². The van der Waals surface area contributed by atoms with E-state index in [0.29, 0.717) is 14.0 Å². The Morgan fingerprint density at radius 1 is 1.38 bits per heavy atom. The van der Waals surface area contributed by atoms with Gasteiger partial charge >= 0.3 is 0 Å². The molecule has 5 nitrogen and oxygen atoms in total. The lowest BCUT2D eigenvalue weighted by molar-refractivity contribution is 0.566. The lowest BCUT2D eigenvalue weighted by Gasteiger charge is -2.15. The van der Waals surface area contributed by atoms with Crippen molar-refractivity contribution in [1.82, 2.24) is 9.71 Å². The quantitative estimate of drug-likeness (QED) is 0.691. The molecule has 9 heteroatoms. The van der Waals surface area contributed by atoms with E-state index in [1.165, 1.54) is 11.3 Å². The molecule has 0 amide bonds. The SMILES string of the molecule is Cc1cnc(C(C)NS(=O)(=O)c2c(N)cc(Br)cc2Br)s1. The van der Waals surface area contributed by atoms with E-state index in [2.05, 4.69) is 41.6 Å². The second-order valence-electron chi connectivity index (χ2n) is 4.46. The number of aromatic nitrogens is 1. The van der Waals surface area contributed by atoms with Crippen molar-refractivity contribution in [2.24, 2.45) is 0 Å². The van der Waals surface area contributed by atoms with E-state index in [9.17, 15) is 8.42 Å². The van der Waals surface area contributed by atoms with Gasteiger partial charge in [-0.1, -0.05) is 15.9 Å². The van der Waals surface area contributed by atoms with Crippen molar-refractivity contribution in [2.45, 2.75) is 24.8 Å². The van der Waals surface area contributed by atoms with Gasteiger partial charge in [-0.2, -0.15) is 0 Å². The molecule has 0 fully saturated rings. The molecule has 0 saturated heterocycles. The van der Waals surface area contributed by atoms with Crippen LogP contribution in [0, 0.1) is 6.92 Å². The van der Waals surface area contributed by atoms with Crippen molar-refractivity contribution >= 4 is 58.9 Å². The summed E-state index contributed by atoms with van der Waals surface area (Å²) in [6.07, 6.45) is 1.72. The van der Waals surface area contributed by atoms with Crippen LogP contribution in [0.25, 0.3) is 0 Å². The van der Waals surface area contributed by atoms with E-state index in [-0.39, 0.29) is 10.6 Å². The van der Waals surface area contributed by atoms with Crippen LogP contribution in [-0.2, 0) is 10.0 Å². The summed E-state index contributed by atoms with van der Waals surface area (Å²) >= 11 is 7.97. The maximum atomic E-state index is 12.5. The first-order chi connectivity index (χ1) is 9.70. The van der Waals surface area contributed by atoms with Crippen molar-refractivity contribution < 1.29 is 8.42 Å². The Morgan fingerprint density at radius 3 is 2.57 bits per heavy atom. The molecule has 1 heterocycles. The summed E-state index contributed by atoms with van der Waals surface area (Å²) in [5.41, 5.74) is 6.01. The largest absolute Gasteiger partial charge is 0.398 e. The van der Waals surface area contributed by atoms with E-state index in [1.807, 2.05) is 6.92 Å². The Kier molecular flexibility index (Phi) is 5.09. The van der Waals surface area contributed by atoms with E-state index >= 15 is 0 Å². The monoisotopic (exact) mass is 453 g/mol. The highest BCUT2D eigenvalue weighted by atomic mass is 79.9. The van der Waals surface area contributed by atoms with Crippen molar-refractivity contribution in [3.8, 4) is 0 Å². The molecule has 1 aromatic heterocycles. The smallest absolute Gasteiger partial charge is 0.244 e. The molecule has 2 aromatic rings. The average molecular weight is 455 g/mol. The number of thiazole rings is 1. The van der Waals surface area contributed by atoms with Gasteiger partial charge in [0.05, 0.1) is 11.7 Å². The Balaban J connectivity index is 2.35. The number of nitrogens with zero attached hydrogens (tertiary/aromatic N) is 1. The number of aryl methyl sites for hydroxylation is 1. The van der Waals surface area contributed by atoms with Gasteiger partial charge in [-0.25, -0.2) is 18.1 Å². The first kappa shape index (κ1) is 16.9. The molecule has 0 aliphatic carbocycles. The van der Waals surface area contributed by atoms with Crippen LogP contribution in [0.1, 0.15) is 22.9 Å². The standard InChI is InChI=1S/C12H13Br2N3O2S2/c1-6-5-16-12(20-6)7(2)17-21(18,19)11-9(14)3-8(13)4-10(11)15/h3-5,7,17H,15H2,1-2H3. The zero-order chi connectivity index (χ0) is 15.8. The highest BCUT2D eigenvalue weighted by Gasteiger charge is 2.25. The topological polar surface area (TPSA) is 85.1 Å². The minimum Gasteiger partial charge on any atom is -0.398 e. The van der Waals surface area contributed by atoms with Crippen LogP contribution in [0.2, 0.25) is 0 Å². The number of hydrogen-bond donors (Lipinski definition) is 2. The fraction of sp³-hybridized carbons (Fsp3) is 0.250. The molecule has 1 aromatic carbocycles. The second-order valence-corrected chi connectivity index (χ2v) is 9.15. The lowest BCUT2D eigenvalue weighted by Crippen LogP contribution is -2.27. The summed E-state index contributed by atoms with van der Waals surface area (Å²) in [5, 5.41) is 0.711. The third-order valence-corrected chi connectivity index (χ3v) is 6.75. The van der Waals surface area contributed by atoms with Gasteiger partial charge in [0.1, 0.15) is 9.90 Å². The first-order valence-electron chi connectivity index (χ1n) is 5.90. The van der Waals surface area contributed by atoms with E-state index in [4.69, 9.17) is 5.73 Å². The van der Waals surface area contributed by atoms with Crippen molar-refractivity contribution in [2.75, 3.05) is 5.73 Å². The molecule has 0 aliphatic heterocycles. The molecule has 0 saturated carbocycles. The predicted molar refractivity (Wildman–Crippen MR) is 91.8 cm³/mol. The maximum Gasteiger partial charge on any atom is 0.244 e. The van der Waals surface area contributed by atoms with Crippen LogP contribution in [-0.4, -0.2) is 13.4 Å². The highest BCUT2D eigenvalue weighted by molar-refractivity contribution is 9.11. The summed E-state index contributed by atoms with van der Waals surface area (Å²) in [7, 11) is -3.75. The fourth-order valence-corrected chi connectivity index (χ4v) is 5.91. The number of sulfonamides is 1. The Hall–Kier alpha value is -0.480. The van der Waals surface area contributed by atoms with Gasteiger partial charge < -0.3 is 5.73 Å². The normalized spacial score (nSPS) is 13.3. The van der Waals surface area contributed by atoms with Crippen molar-refractivity contribution in [3.05, 3.63) is 37.2 Å². The van der Waals surface area contributed by atoms with Gasteiger partial charge in [0, 0.05) is 20.0 Å². The van der Waals surface area contributed by atoms with Gasteiger partial charge in [0.25, 0.3) is 0 Å². The van der Waals surface area contributed by atoms with Crippen molar-refractivity contribution in [3.63, 3.8) is 0 Å². The van der Waals surface area contributed by atoms with Gasteiger partial charge in [0.2, 0.25) is 10.0 Å². The predicted octanol–water partition coefficient (Wildman–Crippen LogP) is 3.60. The molecule has 0 spiro atoms. The van der Waals surface area contributed by atoms with Gasteiger partial charge in [-0.3, -0.25) is 0 Å². The fourth-order valence-electron chi connectivity index (χ4n) is 1.78. The van der Waals surface area contributed by atoms with Crippen LogP contribution in [0.5, 0.6) is 0 Å². The Bertz CT molecular complexity index is 752. The number of rotatable bonds is 4. The zero-order valence-corrected chi connectivity index (χ0v) is 16.0. The van der Waals surface area contributed by atoms with E-state index < -0.39 is 16.1 Å². The molecule has 0 aliphatic rings. The molecule has 0 bridgehead atoms. The van der Waals surface area contributed by atoms with Gasteiger partial charge in [0.15, 0.2) is 0 Å². The molecule has 2 rings (SSSR count). The molecule has 21 heavy (non-hydrogen) atoms. The molecule has 1 unspecified atom stereocenters. The molecule has 3 N–H and O–H groups in total. The average Bonchev–Trinajstić information content (AvgIpc) is 2.73. The Labute approximate surface area is 144 Å². The summed E-state index contributed by atoms with van der Waals surface area (Å²) in [5.74, 6) is 0. The molecule has 0 radical (unpaired) electrons. The summed E-state index contributed by atoms with van der Waals surface area (Å²) in [6, 6.07) is 2.77. The molecular formula is C12H13Br2N3O2S2. The third kappa shape index (κ3) is 3.84. The van der Waals surface area contributed by atoms with Crippen LogP contribution in [0.15, 0.2) is 32.2 Å². The van der Waals surface area contributed by atoms with Crippen molar-refractivity contribution in [1.29, 1.82) is 0 Å². The first-order valence-corrected chi connectivity index (χ1v) is 9.78. The van der Waals surface area contributed by atoms with Crippen LogP contribution in [0.3, 0.4) is 0 Å². The van der Waals surface area contributed by atoms with Gasteiger partial charge in [-0.05, 0) is 41.9 Å². The zero-order valence-electron chi connectivity index (χ0n) is 11.2. The number of nitrogen functional groups attached to an aromatic ring is 1. The van der Waals surface area contributed by atoms with Crippen LogP contribution in [0.4, 0.5) is 5.69 Å². The summed E-state index contributed by atoms with van der Waals surface area (Å²) in [4.78, 5) is 5.25. The molecule has 1 atom stereocenters. The number of nitrogens with two attached hydrogens (primary N) is 1. The lowest BCUT2D eigenvalue weighted by atomic mass is 10.3. The van der Waals surface area contributed by atoms with E-state index in [0.717, 1.165) is 4.88 Å². The van der Waals surface area contributed by atoms with E-state index in [1.54, 1.807) is 25.3 Å². The number of nitrogens with one attached hydrogen (secondary N) is 1. The van der Waals surface area contributed by atoms with Crippen LogP contribution < -0.4 is 10.5 Å². The summed E-state index contributed by atoms with van der Waals surface area (Å²) in [6.45, 7) is 3.67. The highest BCUT2D eigenvalue weighted by Crippen LogP contribution is 2.32. The third-order valence-electron chi connectivity index (χ3n) is 2.65. The number of hydrogen-bond acceptors (Lipinski definition) is 5. The summed E-state index contributed by atoms with van der Waals surface area (Å²) < 4.78 is 28.7. The maximum absolute atomic E-state index is 12.5. The molecule has 114 valence electrons. The second kappa shape index (κ2) is 6.33.